The topological polar surface area (TPSA) is 78.9 Å². The van der Waals surface area contributed by atoms with Gasteiger partial charge in [0.1, 0.15) is 15.5 Å². The van der Waals surface area contributed by atoms with Crippen molar-refractivity contribution in [1.82, 2.24) is 14.5 Å². The number of methoxy groups -OCH3 is 1. The average Bonchev–Trinajstić information content (AvgIpc) is 3.25. The van der Waals surface area contributed by atoms with E-state index in [1.165, 1.54) is 10.4 Å². The fraction of sp³-hybridized carbons (Fsp3) is 0.476. The number of rotatable bonds is 8. The van der Waals surface area contributed by atoms with Crippen LogP contribution in [0.5, 0.6) is 5.75 Å². The van der Waals surface area contributed by atoms with E-state index >= 15 is 0 Å². The molecule has 2 heterocycles. The largest absolute Gasteiger partial charge is 0.497 e. The molecule has 1 fully saturated rings. The fourth-order valence-electron chi connectivity index (χ4n) is 3.63. The lowest BCUT2D eigenvalue weighted by Gasteiger charge is -2.26. The molecule has 1 aromatic carbocycles. The number of carbonyl (C=O) groups is 1. The minimum absolute atomic E-state index is 0.0776. The van der Waals surface area contributed by atoms with E-state index in [0.717, 1.165) is 41.9 Å². The molecule has 1 aromatic heterocycles. The molecular formula is C21H29N3O4S2. The van der Waals surface area contributed by atoms with Gasteiger partial charge in [-0.15, -0.1) is 11.3 Å². The lowest BCUT2D eigenvalue weighted by Crippen LogP contribution is -2.37. The van der Waals surface area contributed by atoms with Crippen molar-refractivity contribution < 1.29 is 17.9 Å². The van der Waals surface area contributed by atoms with Crippen molar-refractivity contribution in [3.8, 4) is 5.75 Å². The zero-order chi connectivity index (χ0) is 21.7. The molecule has 1 atom stereocenters. The first-order valence-corrected chi connectivity index (χ1v) is 12.3. The van der Waals surface area contributed by atoms with Crippen molar-refractivity contribution >= 4 is 27.3 Å². The van der Waals surface area contributed by atoms with Gasteiger partial charge in [-0.1, -0.05) is 18.6 Å². The van der Waals surface area contributed by atoms with Crippen molar-refractivity contribution in [1.29, 1.82) is 0 Å². The molecule has 1 saturated heterocycles. The highest BCUT2D eigenvalue weighted by Gasteiger charge is 2.31. The second-order valence-corrected chi connectivity index (χ2v) is 10.4. The lowest BCUT2D eigenvalue weighted by molar-refractivity contribution is 0.0943. The summed E-state index contributed by atoms with van der Waals surface area (Å²) in [5.41, 5.74) is 1.01. The zero-order valence-electron chi connectivity index (χ0n) is 17.6. The van der Waals surface area contributed by atoms with Crippen molar-refractivity contribution in [2.75, 3.05) is 40.8 Å². The Kier molecular flexibility index (Phi) is 7.51. The van der Waals surface area contributed by atoms with Crippen LogP contribution in [0.25, 0.3) is 0 Å². The van der Waals surface area contributed by atoms with Crippen LogP contribution in [0.2, 0.25) is 0 Å². The summed E-state index contributed by atoms with van der Waals surface area (Å²) in [5, 5.41) is 4.59. The normalized spacial score (nSPS) is 16.4. The number of nitrogens with zero attached hydrogens (tertiary/aromatic N) is 2. The third-order valence-electron chi connectivity index (χ3n) is 5.33. The number of sulfonamides is 1. The van der Waals surface area contributed by atoms with Crippen LogP contribution in [0.4, 0.5) is 0 Å². The van der Waals surface area contributed by atoms with Gasteiger partial charge in [0.05, 0.1) is 13.2 Å². The second-order valence-electron chi connectivity index (χ2n) is 7.54. The summed E-state index contributed by atoms with van der Waals surface area (Å²) >= 11 is 1.16. The predicted octanol–water partition coefficient (Wildman–Crippen LogP) is 2.96. The number of thiophene rings is 1. The highest BCUT2D eigenvalue weighted by Crippen LogP contribution is 2.28. The molecule has 1 amide bonds. The smallest absolute Gasteiger partial charge is 0.262 e. The minimum Gasteiger partial charge on any atom is -0.497 e. The first-order valence-electron chi connectivity index (χ1n) is 10.0. The van der Waals surface area contributed by atoms with E-state index in [-0.39, 0.29) is 21.7 Å². The van der Waals surface area contributed by atoms with Crippen molar-refractivity contribution in [3.05, 3.63) is 46.2 Å². The SMILES string of the molecule is COc1cccc(C(CNC(=O)c2sccc2S(=O)(=O)N2CCCCC2)N(C)C)c1. The van der Waals surface area contributed by atoms with Gasteiger partial charge in [0.2, 0.25) is 10.0 Å². The van der Waals surface area contributed by atoms with Crippen molar-refractivity contribution in [2.24, 2.45) is 0 Å². The Balaban J connectivity index is 1.75. The first-order chi connectivity index (χ1) is 14.3. The van der Waals surface area contributed by atoms with E-state index in [4.69, 9.17) is 4.74 Å². The molecule has 0 radical (unpaired) electrons. The number of nitrogens with one attached hydrogen (secondary N) is 1. The summed E-state index contributed by atoms with van der Waals surface area (Å²) in [6.07, 6.45) is 2.76. The van der Waals surface area contributed by atoms with E-state index in [2.05, 4.69) is 5.32 Å². The Bertz CT molecular complexity index is 966. The highest BCUT2D eigenvalue weighted by atomic mass is 32.2. The molecule has 0 bridgehead atoms. The van der Waals surface area contributed by atoms with Gasteiger partial charge in [-0.2, -0.15) is 4.31 Å². The third-order valence-corrected chi connectivity index (χ3v) is 8.31. The van der Waals surface area contributed by atoms with Crippen LogP contribution in [0.15, 0.2) is 40.6 Å². The van der Waals surface area contributed by atoms with Crippen LogP contribution in [-0.2, 0) is 10.0 Å². The average molecular weight is 452 g/mol. The van der Waals surface area contributed by atoms with Crippen molar-refractivity contribution in [2.45, 2.75) is 30.2 Å². The molecule has 1 aliphatic rings. The number of benzene rings is 1. The molecule has 0 spiro atoms. The molecule has 1 N–H and O–H groups in total. The van der Waals surface area contributed by atoms with Gasteiger partial charge in [0.15, 0.2) is 0 Å². The van der Waals surface area contributed by atoms with Gasteiger partial charge >= 0.3 is 0 Å². The Hall–Kier alpha value is -1.94. The first kappa shape index (κ1) is 22.7. The summed E-state index contributed by atoms with van der Waals surface area (Å²) in [6, 6.07) is 9.17. The van der Waals surface area contributed by atoms with E-state index < -0.39 is 10.0 Å². The molecule has 2 aromatic rings. The number of likely N-dealkylation sites (N-methyl/N-ethyl adjacent to an activating group) is 1. The number of hydrogen-bond acceptors (Lipinski definition) is 6. The fourth-order valence-corrected chi connectivity index (χ4v) is 6.46. The maximum Gasteiger partial charge on any atom is 0.262 e. The Morgan fingerprint density at radius 3 is 2.63 bits per heavy atom. The number of hydrogen-bond donors (Lipinski definition) is 1. The lowest BCUT2D eigenvalue weighted by atomic mass is 10.1. The summed E-state index contributed by atoms with van der Waals surface area (Å²) in [7, 11) is 1.84. The van der Waals surface area contributed by atoms with Gasteiger partial charge in [-0.3, -0.25) is 4.79 Å². The predicted molar refractivity (Wildman–Crippen MR) is 119 cm³/mol. The van der Waals surface area contributed by atoms with E-state index in [1.807, 2.05) is 43.3 Å². The summed E-state index contributed by atoms with van der Waals surface area (Å²) < 4.78 is 32.9. The van der Waals surface area contributed by atoms with Crippen LogP contribution in [0, 0.1) is 0 Å². The standard InChI is InChI=1S/C21H29N3O4S2/c1-23(2)18(16-8-7-9-17(14-16)28-3)15-22-21(25)20-19(10-13-29-20)30(26,27)24-11-5-4-6-12-24/h7-10,13-14,18H,4-6,11-12,15H2,1-3H3,(H,22,25). The molecule has 1 unspecified atom stereocenters. The van der Waals surface area contributed by atoms with Crippen LogP contribution >= 0.6 is 11.3 Å². The molecule has 0 aliphatic carbocycles. The Morgan fingerprint density at radius 1 is 1.23 bits per heavy atom. The Labute approximate surface area is 182 Å². The molecule has 0 saturated carbocycles. The summed E-state index contributed by atoms with van der Waals surface area (Å²) in [4.78, 5) is 15.3. The molecule has 164 valence electrons. The molecule has 9 heteroatoms. The zero-order valence-corrected chi connectivity index (χ0v) is 19.3. The van der Waals surface area contributed by atoms with Gasteiger partial charge < -0.3 is 15.0 Å². The maximum atomic E-state index is 13.0. The maximum absolute atomic E-state index is 13.0. The van der Waals surface area contributed by atoms with E-state index in [9.17, 15) is 13.2 Å². The van der Waals surface area contributed by atoms with E-state index in [1.54, 1.807) is 12.5 Å². The minimum atomic E-state index is -3.65. The van der Waals surface area contributed by atoms with Crippen molar-refractivity contribution in [3.63, 3.8) is 0 Å². The number of ether oxygens (including phenoxy) is 1. The Morgan fingerprint density at radius 2 is 1.97 bits per heavy atom. The molecule has 3 rings (SSSR count). The van der Waals surface area contributed by atoms with Crippen LogP contribution in [-0.4, -0.2) is 64.4 Å². The molecule has 30 heavy (non-hydrogen) atoms. The molecular weight excluding hydrogens is 422 g/mol. The van der Waals surface area contributed by atoms with Gasteiger partial charge in [0.25, 0.3) is 5.91 Å². The summed E-state index contributed by atoms with van der Waals surface area (Å²) in [6.45, 7) is 1.37. The summed E-state index contributed by atoms with van der Waals surface area (Å²) in [5.74, 6) is 0.383. The van der Waals surface area contributed by atoms with Crippen LogP contribution < -0.4 is 10.1 Å². The van der Waals surface area contributed by atoms with Gasteiger partial charge in [-0.25, -0.2) is 8.42 Å². The van der Waals surface area contributed by atoms with Crippen LogP contribution in [0.1, 0.15) is 40.5 Å². The monoisotopic (exact) mass is 451 g/mol. The van der Waals surface area contributed by atoms with E-state index in [0.29, 0.717) is 19.6 Å². The van der Waals surface area contributed by atoms with Gasteiger partial charge in [-0.05, 0) is 56.1 Å². The number of piperidine rings is 1. The molecule has 1 aliphatic heterocycles. The number of carbonyl (C=O) groups excluding carboxylic acids is 1. The third kappa shape index (κ3) is 5.03. The second kappa shape index (κ2) is 9.91. The quantitative estimate of drug-likeness (QED) is 0.668. The number of amides is 1. The van der Waals surface area contributed by atoms with Gasteiger partial charge in [0, 0.05) is 19.6 Å². The molecule has 7 nitrogen and oxygen atoms in total. The van der Waals surface area contributed by atoms with Crippen LogP contribution in [0.3, 0.4) is 0 Å². The highest BCUT2D eigenvalue weighted by molar-refractivity contribution is 7.89.